The zero-order chi connectivity index (χ0) is 19.7. The summed E-state index contributed by atoms with van der Waals surface area (Å²) in [6.45, 7) is 7.95. The molecule has 1 aromatic heterocycles. The molecule has 3 rings (SSSR count). The van der Waals surface area contributed by atoms with E-state index < -0.39 is 18.9 Å². The van der Waals surface area contributed by atoms with Crippen molar-refractivity contribution in [1.82, 2.24) is 9.65 Å². The second-order valence-electron chi connectivity index (χ2n) is 7.75. The van der Waals surface area contributed by atoms with Gasteiger partial charge in [-0.05, 0) is 37.1 Å². The van der Waals surface area contributed by atoms with Crippen LogP contribution in [0, 0.1) is 0 Å². The molecule has 0 spiro atoms. The van der Waals surface area contributed by atoms with Gasteiger partial charge in [0, 0.05) is 35.9 Å². The van der Waals surface area contributed by atoms with E-state index in [4.69, 9.17) is 4.74 Å². The van der Waals surface area contributed by atoms with Crippen LogP contribution in [0.4, 0.5) is 18.9 Å². The van der Waals surface area contributed by atoms with Gasteiger partial charge in [0.1, 0.15) is 0 Å². The zero-order valence-corrected chi connectivity index (χ0v) is 16.8. The summed E-state index contributed by atoms with van der Waals surface area (Å²) in [6.07, 6.45) is 1.06. The Hall–Kier alpha value is -1.65. The largest absolute Gasteiger partial charge is 0.418 e. The molecule has 1 aromatic carbocycles. The molecule has 0 amide bonds. The first kappa shape index (κ1) is 20.1. The van der Waals surface area contributed by atoms with Gasteiger partial charge in [-0.15, -0.1) is 0 Å². The first-order chi connectivity index (χ1) is 12.7. The highest BCUT2D eigenvalue weighted by Gasteiger charge is 2.43. The Bertz CT molecular complexity index is 836. The van der Waals surface area contributed by atoms with E-state index in [-0.39, 0.29) is 10.8 Å². The van der Waals surface area contributed by atoms with Gasteiger partial charge in [0.25, 0.3) is 0 Å². The summed E-state index contributed by atoms with van der Waals surface area (Å²) >= 11 is 0. The van der Waals surface area contributed by atoms with E-state index in [0.29, 0.717) is 0 Å². The summed E-state index contributed by atoms with van der Waals surface area (Å²) in [6, 6.07) is 9.48. The Morgan fingerprint density at radius 3 is 2.11 bits per heavy atom. The lowest BCUT2D eigenvalue weighted by atomic mass is 10.2. The third-order valence-electron chi connectivity index (χ3n) is 4.91. The molecule has 0 unspecified atom stereocenters. The molecular formula is C20H25F3N3P. The van der Waals surface area contributed by atoms with Crippen molar-refractivity contribution < 1.29 is 13.2 Å². The fourth-order valence-electron chi connectivity index (χ4n) is 3.74. The van der Waals surface area contributed by atoms with Crippen LogP contribution in [0.1, 0.15) is 39.2 Å². The monoisotopic (exact) mass is 395 g/mol. The maximum atomic E-state index is 13.6. The molecule has 0 aliphatic carbocycles. The van der Waals surface area contributed by atoms with Crippen LogP contribution in [-0.2, 0) is 6.18 Å². The number of benzene rings is 1. The SMILES string of the molecule is CC(C)(C)[P@@](=Nc1ccccc1C(F)(F)F)(c1ccncc1)N1CCCC1. The summed E-state index contributed by atoms with van der Waals surface area (Å²) in [4.78, 5) is 4.11. The lowest BCUT2D eigenvalue weighted by Crippen LogP contribution is -2.35. The molecule has 1 fully saturated rings. The summed E-state index contributed by atoms with van der Waals surface area (Å²) in [5.74, 6) is 0. The Morgan fingerprint density at radius 2 is 1.56 bits per heavy atom. The molecule has 1 atom stereocenters. The predicted molar refractivity (Wildman–Crippen MR) is 105 cm³/mol. The van der Waals surface area contributed by atoms with Crippen LogP contribution in [0.25, 0.3) is 0 Å². The summed E-state index contributed by atoms with van der Waals surface area (Å²) < 4.78 is 48.2. The smallest absolute Gasteiger partial charge is 0.265 e. The Balaban J connectivity index is 2.36. The van der Waals surface area contributed by atoms with Gasteiger partial charge in [0.05, 0.1) is 18.5 Å². The molecular weight excluding hydrogens is 370 g/mol. The molecule has 1 aliphatic rings. The van der Waals surface area contributed by atoms with Crippen molar-refractivity contribution in [1.29, 1.82) is 0 Å². The van der Waals surface area contributed by atoms with Gasteiger partial charge >= 0.3 is 6.18 Å². The maximum Gasteiger partial charge on any atom is 0.418 e. The van der Waals surface area contributed by atoms with E-state index in [9.17, 15) is 13.2 Å². The van der Waals surface area contributed by atoms with Crippen molar-refractivity contribution >= 4 is 18.2 Å². The van der Waals surface area contributed by atoms with Crippen molar-refractivity contribution in [2.75, 3.05) is 13.1 Å². The molecule has 3 nitrogen and oxygen atoms in total. The third-order valence-corrected chi connectivity index (χ3v) is 9.52. The minimum absolute atomic E-state index is 0.0250. The minimum Gasteiger partial charge on any atom is -0.265 e. The van der Waals surface area contributed by atoms with E-state index in [1.165, 1.54) is 12.1 Å². The van der Waals surface area contributed by atoms with Crippen molar-refractivity contribution in [2.45, 2.75) is 44.9 Å². The zero-order valence-electron chi connectivity index (χ0n) is 15.9. The van der Waals surface area contributed by atoms with E-state index in [2.05, 4.69) is 30.4 Å². The van der Waals surface area contributed by atoms with Crippen LogP contribution in [0.5, 0.6) is 0 Å². The lowest BCUT2D eigenvalue weighted by Gasteiger charge is -2.44. The number of nitrogens with zero attached hydrogens (tertiary/aromatic N) is 3. The number of hydrogen-bond acceptors (Lipinski definition) is 2. The van der Waals surface area contributed by atoms with Crippen LogP contribution >= 0.6 is 7.21 Å². The van der Waals surface area contributed by atoms with Gasteiger partial charge in [-0.1, -0.05) is 32.9 Å². The minimum atomic E-state index is -4.43. The van der Waals surface area contributed by atoms with Crippen molar-refractivity contribution in [3.63, 3.8) is 0 Å². The molecule has 0 bridgehead atoms. The number of halogens is 3. The van der Waals surface area contributed by atoms with Crippen LogP contribution in [0.2, 0.25) is 0 Å². The standard InChI is InChI=1S/C20H25F3N3P/c1-19(2,3)27(26-14-6-7-15-26,16-10-12-24-13-11-16)25-18-9-5-4-8-17(18)20(21,22)23/h4-5,8-13H,6-7,14-15H2,1-3H3/t27-/m1/s1. The molecule has 1 aliphatic heterocycles. The van der Waals surface area contributed by atoms with Gasteiger partial charge in [0.15, 0.2) is 0 Å². The quantitative estimate of drug-likeness (QED) is 0.590. The molecule has 27 heavy (non-hydrogen) atoms. The average Bonchev–Trinajstić information content (AvgIpc) is 3.13. The number of hydrogen-bond donors (Lipinski definition) is 0. The Morgan fingerprint density at radius 1 is 0.963 bits per heavy atom. The van der Waals surface area contributed by atoms with Gasteiger partial charge in [-0.3, -0.25) is 9.65 Å². The third kappa shape index (κ3) is 3.83. The number of rotatable bonds is 3. The normalized spacial score (nSPS) is 18.3. The van der Waals surface area contributed by atoms with E-state index in [1.807, 2.05) is 12.1 Å². The van der Waals surface area contributed by atoms with Crippen LogP contribution in [0.15, 0.2) is 53.5 Å². The number of aromatic nitrogens is 1. The first-order valence-electron chi connectivity index (χ1n) is 9.11. The summed E-state index contributed by atoms with van der Waals surface area (Å²) in [5.41, 5.74) is -0.649. The molecule has 146 valence electrons. The molecule has 0 saturated carbocycles. The van der Waals surface area contributed by atoms with Crippen molar-refractivity contribution in [3.05, 3.63) is 54.4 Å². The Labute approximate surface area is 158 Å². The fraction of sp³-hybridized carbons (Fsp3) is 0.450. The highest BCUT2D eigenvalue weighted by Crippen LogP contribution is 2.65. The van der Waals surface area contributed by atoms with E-state index in [1.54, 1.807) is 18.5 Å². The molecule has 0 radical (unpaired) electrons. The number of alkyl halides is 3. The summed E-state index contributed by atoms with van der Waals surface area (Å²) in [5, 5.41) is 0.654. The first-order valence-corrected chi connectivity index (χ1v) is 10.8. The average molecular weight is 395 g/mol. The van der Waals surface area contributed by atoms with Crippen LogP contribution in [0.3, 0.4) is 0 Å². The number of pyridine rings is 1. The van der Waals surface area contributed by atoms with Crippen molar-refractivity contribution in [3.8, 4) is 0 Å². The second kappa shape index (κ2) is 7.40. The summed E-state index contributed by atoms with van der Waals surface area (Å²) in [7, 11) is -2.48. The maximum absolute atomic E-state index is 13.6. The van der Waals surface area contributed by atoms with Crippen molar-refractivity contribution in [2.24, 2.45) is 4.74 Å². The predicted octanol–water partition coefficient (Wildman–Crippen LogP) is 6.07. The van der Waals surface area contributed by atoms with Crippen LogP contribution in [-0.4, -0.2) is 27.9 Å². The van der Waals surface area contributed by atoms with Crippen LogP contribution < -0.4 is 5.30 Å². The van der Waals surface area contributed by atoms with E-state index >= 15 is 0 Å². The topological polar surface area (TPSA) is 28.5 Å². The van der Waals surface area contributed by atoms with Gasteiger partial charge < -0.3 is 0 Å². The second-order valence-corrected chi connectivity index (χ2v) is 11.6. The Kier molecular flexibility index (Phi) is 5.51. The molecule has 2 aromatic rings. The molecule has 7 heteroatoms. The van der Waals surface area contributed by atoms with Gasteiger partial charge in [0.2, 0.25) is 0 Å². The lowest BCUT2D eigenvalue weighted by molar-refractivity contribution is -0.137. The molecule has 0 N–H and O–H groups in total. The van der Waals surface area contributed by atoms with E-state index in [0.717, 1.165) is 37.3 Å². The highest BCUT2D eigenvalue weighted by atomic mass is 31.2. The highest BCUT2D eigenvalue weighted by molar-refractivity contribution is 7.73. The molecule has 2 heterocycles. The fourth-order valence-corrected chi connectivity index (χ4v) is 8.13. The van der Waals surface area contributed by atoms with Gasteiger partial charge in [-0.25, -0.2) is 4.74 Å². The van der Waals surface area contributed by atoms with Gasteiger partial charge in [-0.2, -0.15) is 13.2 Å². The molecule has 1 saturated heterocycles.